The third-order valence-corrected chi connectivity index (χ3v) is 33.1. The van der Waals surface area contributed by atoms with Crippen LogP contribution in [0.25, 0.3) is 32.1 Å². The van der Waals surface area contributed by atoms with Crippen LogP contribution in [0.4, 0.5) is 34.8 Å². The molecule has 0 aliphatic rings. The molecule has 9 aromatic heterocycles. The predicted octanol–water partition coefficient (Wildman–Crippen LogP) is 28.1. The van der Waals surface area contributed by atoms with Crippen LogP contribution in [-0.4, -0.2) is 163 Å². The maximum absolute atomic E-state index is 12.6. The molecule has 0 amide bonds. The van der Waals surface area contributed by atoms with Crippen LogP contribution in [0.5, 0.6) is 0 Å². The van der Waals surface area contributed by atoms with E-state index in [4.69, 9.17) is 51.6 Å². The third kappa shape index (κ3) is 48.3. The van der Waals surface area contributed by atoms with E-state index in [2.05, 4.69) is 288 Å². The molecule has 0 atom stereocenters. The van der Waals surface area contributed by atoms with Gasteiger partial charge in [-0.3, -0.25) is 14.4 Å². The fourth-order valence-corrected chi connectivity index (χ4v) is 28.2. The number of nitrogens with zero attached hydrogens (tertiary/aromatic N) is 17. The second-order valence-corrected chi connectivity index (χ2v) is 57.0. The van der Waals surface area contributed by atoms with Crippen LogP contribution < -0.4 is 31.9 Å². The summed E-state index contributed by atoms with van der Waals surface area (Å²) in [6.45, 7) is 51.0. The van der Waals surface area contributed by atoms with Gasteiger partial charge >= 0.3 is 52.4 Å². The van der Waals surface area contributed by atoms with Gasteiger partial charge in [-0.15, -0.1) is 34.0 Å². The van der Waals surface area contributed by atoms with Crippen molar-refractivity contribution in [2.45, 2.75) is 279 Å². The van der Waals surface area contributed by atoms with Crippen molar-refractivity contribution in [2.75, 3.05) is 49.5 Å². The van der Waals surface area contributed by atoms with Crippen molar-refractivity contribution in [3.05, 3.63) is 144 Å². The molecule has 3 aromatic carbocycles. The Morgan fingerprint density at radius 2 is 0.719 bits per heavy atom. The van der Waals surface area contributed by atoms with Crippen molar-refractivity contribution in [1.82, 2.24) is 71.1 Å². The molecule has 0 saturated carbocycles. The molecule has 4 N–H and O–H groups in total. The number of nitrogen functional groups attached to an aromatic ring is 2. The summed E-state index contributed by atoms with van der Waals surface area (Å²) >= 11 is 26.2. The third-order valence-electron chi connectivity index (χ3n) is 15.6. The van der Waals surface area contributed by atoms with E-state index >= 15 is 0 Å². The van der Waals surface area contributed by atoms with Crippen molar-refractivity contribution >= 4 is 257 Å². The molecule has 0 bridgehead atoms. The number of esters is 2. The quantitative estimate of drug-likeness (QED) is 0.0515. The Bertz CT molecular complexity index is 5450. The predicted molar refractivity (Wildman–Crippen MR) is 585 cm³/mol. The standard InChI is InChI=1S/C17H14F3N3O3S3.2C16H28NP.C13H17N3O2S2.C8H11BrN2O2S.C7H8N4S2.C2BrClN2S.C2H2BrN3S.6CH4.2ClH.Pd/c1-9-15(27-10(2)21-9)16-22-14(28-23-16)8-12(24)7-11-3-5-13(6-4-11)29(25,26)17(18,19)20;2*1-15(2,3)18(16(4,5)6)14-11-9-13(10-12-14)17(7)8;1-7-11(19-8(2)14-7)12-15-9(20-16-12)6-10(17)18-13(3,4)5;1-8(2,3)13-6(12)4-5-10-7(9)11-14-5;1-3-5(12-4(2)9-3)6-10-7(8)13-11-6;2*3-1-5-2(4)7-6-1;;;;;;;;;/h3-6H,7-8H2,1-2H3;2*9-12H,1-8H3;6H2,1-5H3;4H2,1-3H3;1-2H3,(H2,8,10,11);;(H2,4,5,6);6*1H4;2*1H;/q;;;;;;;;;;;;;;;;+2/p-2. The fraction of sp³-hybridized carbons (Fsp3) is 0.517. The molecule has 0 fully saturated rings. The first-order valence-electron chi connectivity index (χ1n) is 38.6. The minimum absolute atomic E-state index is 0. The van der Waals surface area contributed by atoms with Gasteiger partial charge in [-0.25, -0.2) is 38.3 Å². The summed E-state index contributed by atoms with van der Waals surface area (Å²) in [7, 11) is 12.2. The number of ketones is 1. The number of hydrogen-bond donors (Lipinski definition) is 2. The number of Topliss-reactive ketones (excluding diaryl/α,β-unsaturated/α-hetero) is 1. The van der Waals surface area contributed by atoms with E-state index in [0.717, 1.165) is 81.9 Å². The molecule has 0 radical (unpaired) electrons. The average Bonchev–Trinajstić information content (AvgIpc) is 1.47. The molecule has 0 aliphatic carbocycles. The second-order valence-electron chi connectivity index (χ2n) is 33.8. The van der Waals surface area contributed by atoms with Gasteiger partial charge in [0.1, 0.15) is 32.0 Å². The van der Waals surface area contributed by atoms with Crippen LogP contribution in [0.15, 0.2) is 91.9 Å². The number of hydrogen-bond acceptors (Lipinski definition) is 35. The topological polar surface area (TPSA) is 356 Å². The Morgan fingerprint density at radius 3 is 0.963 bits per heavy atom. The normalized spacial score (nSPS) is 11.2. The first kappa shape index (κ1) is 134. The van der Waals surface area contributed by atoms with Gasteiger partial charge in [0, 0.05) is 69.1 Å². The van der Waals surface area contributed by atoms with E-state index < -0.39 is 31.4 Å². The summed E-state index contributed by atoms with van der Waals surface area (Å²) in [5.41, 5.74) is 10.1. The van der Waals surface area contributed by atoms with Crippen molar-refractivity contribution in [3.63, 3.8) is 0 Å². The van der Waals surface area contributed by atoms with Gasteiger partial charge in [-0.05, 0) is 262 Å². The second kappa shape index (κ2) is 60.0. The molecule has 26 nitrogen and oxygen atoms in total. The number of carbonyl (C=O) groups excluding carboxylic acids is 3. The number of anilines is 4. The van der Waals surface area contributed by atoms with Crippen molar-refractivity contribution in [1.29, 1.82) is 0 Å². The molecule has 0 aliphatic heterocycles. The molecule has 0 saturated heterocycles. The average molecular weight is 2450 g/mol. The molecule has 760 valence electrons. The number of ether oxygens (including phenoxy) is 2. The number of benzene rings is 3. The zero-order valence-corrected chi connectivity index (χ0v) is 95.1. The van der Waals surface area contributed by atoms with Gasteiger partial charge < -0.3 is 30.7 Å². The van der Waals surface area contributed by atoms with Crippen molar-refractivity contribution in [3.8, 4) is 32.1 Å². The number of rotatable bonds is 16. The zero-order chi connectivity index (χ0) is 98.0. The van der Waals surface area contributed by atoms with E-state index in [9.17, 15) is 36.0 Å². The SMILES string of the molecule is C.C.C.C.C.C.CC(C)(C)OC(=O)Cc1nc(Br)ns1.CN(C)c1ccc(P(C(C)(C)C)C(C)(C)C)cc1.CN(C)c1ccc(P(C(C)(C)C)C(C)(C)C)cc1.Cc1nc(C)c(-c2nsc(CC(=O)Cc3ccc(S(=O)(=O)C(F)(F)F)cc3)n2)s1.Cc1nc(C)c(-c2nsc(CC(=O)OC(C)(C)C)n2)s1.Cc1nc(C)c(-c2nsc(N)n2)s1.Clc1nc(Br)ns1.Nc1nc(Br)ns1.[Cl][Pd][Cl]. The molecular formula is C87H132Br3Cl3F3N19O7P2PdS10. The first-order valence-corrected chi connectivity index (χ1v) is 56.6. The number of aryl methyl sites for hydroxylation is 6. The van der Waals surface area contributed by atoms with Crippen LogP contribution >= 0.6 is 197 Å². The number of sulfone groups is 1. The minimum atomic E-state index is -5.40. The number of halogens is 9. The summed E-state index contributed by atoms with van der Waals surface area (Å²) < 4.78 is 97.0. The Labute approximate surface area is 884 Å². The van der Waals surface area contributed by atoms with E-state index in [0.29, 0.717) is 87.6 Å². The Hall–Kier alpha value is -4.71. The molecule has 12 rings (SSSR count). The van der Waals surface area contributed by atoms with Gasteiger partial charge in [0.25, 0.3) is 9.84 Å². The van der Waals surface area contributed by atoms with E-state index in [1.165, 1.54) is 91.6 Å². The van der Waals surface area contributed by atoms with E-state index in [1.807, 2.05) is 83.1 Å². The zero-order valence-electron chi connectivity index (χ0n) is 76.6. The van der Waals surface area contributed by atoms with Gasteiger partial charge in [0.2, 0.25) is 23.8 Å². The van der Waals surface area contributed by atoms with Crippen LogP contribution in [-0.2, 0) is 75.3 Å². The van der Waals surface area contributed by atoms with Crippen molar-refractivity contribution < 1.29 is 61.4 Å². The Kier molecular flexibility index (Phi) is 59.8. The first-order chi connectivity index (χ1) is 59.3. The van der Waals surface area contributed by atoms with Crippen LogP contribution in [0, 0.1) is 41.5 Å². The maximum atomic E-state index is 12.6. The Balaban J connectivity index is -0.00000150. The fourth-order valence-electron chi connectivity index (χ4n) is 11.8. The van der Waals surface area contributed by atoms with Gasteiger partial charge in [-0.2, -0.15) is 54.4 Å². The van der Waals surface area contributed by atoms with Crippen LogP contribution in [0.2, 0.25) is 4.47 Å². The molecule has 0 unspecified atom stereocenters. The summed E-state index contributed by atoms with van der Waals surface area (Å²) in [4.78, 5) is 78.9. The van der Waals surface area contributed by atoms with E-state index in [1.54, 1.807) is 22.7 Å². The molecule has 12 aromatic rings. The number of aromatic nitrogens is 15. The molecule has 0 spiro atoms. The van der Waals surface area contributed by atoms with Gasteiger partial charge in [0.05, 0.1) is 70.9 Å². The Morgan fingerprint density at radius 1 is 0.422 bits per heavy atom. The van der Waals surface area contributed by atoms with E-state index in [-0.39, 0.29) is 120 Å². The van der Waals surface area contributed by atoms with Gasteiger partial charge in [0.15, 0.2) is 22.6 Å². The summed E-state index contributed by atoms with van der Waals surface area (Å²) in [5.74, 6) is 1.10. The number of alkyl halides is 3. The summed E-state index contributed by atoms with van der Waals surface area (Å²) in [6, 6.07) is 22.3. The summed E-state index contributed by atoms with van der Waals surface area (Å²) in [6.07, 6.45) is 0.309. The monoisotopic (exact) mass is 2440 g/mol. The van der Waals surface area contributed by atoms with Gasteiger partial charge in [-0.1, -0.05) is 180 Å². The van der Waals surface area contributed by atoms with Crippen LogP contribution in [0.3, 0.4) is 0 Å². The molecule has 9 heterocycles. The molecular weight excluding hydrogens is 2320 g/mol. The van der Waals surface area contributed by atoms with Crippen molar-refractivity contribution in [2.24, 2.45) is 0 Å². The molecule has 48 heteroatoms. The number of carbonyl (C=O) groups is 3. The van der Waals surface area contributed by atoms with Crippen LogP contribution in [0.1, 0.15) is 222 Å². The molecule has 135 heavy (non-hydrogen) atoms. The number of thiazole rings is 3. The summed E-state index contributed by atoms with van der Waals surface area (Å²) in [5, 5.41) is 10.1. The number of nitrogens with two attached hydrogens (primary N) is 2.